The van der Waals surface area contributed by atoms with E-state index in [4.69, 9.17) is 9.47 Å². The number of anilines is 1. The minimum absolute atomic E-state index is 0.00902. The summed E-state index contributed by atoms with van der Waals surface area (Å²) < 4.78 is 13.2. The number of aromatic nitrogens is 2. The molecule has 3 aromatic carbocycles. The lowest BCUT2D eigenvalue weighted by Crippen LogP contribution is -2.37. The molecular formula is C33H30N6O7. The molecule has 13 nitrogen and oxygen atoms in total. The molecule has 4 aromatic rings. The van der Waals surface area contributed by atoms with Crippen molar-refractivity contribution in [3.63, 3.8) is 0 Å². The Bertz CT molecular complexity index is 2030. The molecule has 3 amide bonds. The van der Waals surface area contributed by atoms with E-state index in [1.807, 2.05) is 30.3 Å². The van der Waals surface area contributed by atoms with Crippen molar-refractivity contribution < 1.29 is 23.9 Å². The first kappa shape index (κ1) is 30.2. The Morgan fingerprint density at radius 3 is 2.33 bits per heavy atom. The molecule has 0 unspecified atom stereocenters. The molecule has 0 spiro atoms. The fraction of sp³-hybridized carbons (Fsp3) is 0.242. The number of likely N-dealkylation sites (tertiary alicyclic amines) is 1. The van der Waals surface area contributed by atoms with Gasteiger partial charge >= 0.3 is 5.69 Å². The smallest absolute Gasteiger partial charge is 0.333 e. The van der Waals surface area contributed by atoms with Crippen LogP contribution < -0.4 is 25.6 Å². The molecule has 0 bridgehead atoms. The van der Waals surface area contributed by atoms with E-state index >= 15 is 0 Å². The average Bonchev–Trinajstić information content (AvgIpc) is 3.60. The monoisotopic (exact) mass is 622 g/mol. The van der Waals surface area contributed by atoms with Crippen LogP contribution in [0.2, 0.25) is 0 Å². The first-order valence-electron chi connectivity index (χ1n) is 14.6. The molecule has 0 radical (unpaired) electrons. The zero-order chi connectivity index (χ0) is 32.5. The van der Waals surface area contributed by atoms with E-state index in [1.165, 1.54) is 33.3 Å². The van der Waals surface area contributed by atoms with E-state index in [0.29, 0.717) is 36.5 Å². The number of imide groups is 1. The number of hydrogen-bond donors (Lipinski definition) is 0. The Morgan fingerprint density at radius 2 is 1.61 bits per heavy atom. The Hall–Kier alpha value is -5.85. The topological polar surface area (TPSA) is 145 Å². The van der Waals surface area contributed by atoms with Gasteiger partial charge in [-0.25, -0.2) is 9.69 Å². The highest BCUT2D eigenvalue weighted by Gasteiger charge is 2.40. The van der Waals surface area contributed by atoms with Crippen LogP contribution in [0.15, 0.2) is 86.5 Å². The van der Waals surface area contributed by atoms with E-state index in [0.717, 1.165) is 26.0 Å². The van der Waals surface area contributed by atoms with Gasteiger partial charge in [0, 0.05) is 38.7 Å². The summed E-state index contributed by atoms with van der Waals surface area (Å²) in [6.07, 6.45) is 1.36. The summed E-state index contributed by atoms with van der Waals surface area (Å²) in [7, 11) is 4.02. The summed E-state index contributed by atoms with van der Waals surface area (Å²) in [6, 6.07) is 19.1. The first-order valence-corrected chi connectivity index (χ1v) is 14.6. The van der Waals surface area contributed by atoms with Gasteiger partial charge in [0.25, 0.3) is 17.4 Å². The fourth-order valence-electron chi connectivity index (χ4n) is 5.66. The Kier molecular flexibility index (Phi) is 8.05. The predicted molar refractivity (Wildman–Crippen MR) is 168 cm³/mol. The third-order valence-electron chi connectivity index (χ3n) is 8.03. The highest BCUT2D eigenvalue weighted by Crippen LogP contribution is 2.41. The van der Waals surface area contributed by atoms with Crippen molar-refractivity contribution in [3.8, 4) is 22.8 Å². The zero-order valence-electron chi connectivity index (χ0n) is 25.4. The number of azo groups is 1. The molecule has 234 valence electrons. The lowest BCUT2D eigenvalue weighted by Gasteiger charge is -2.21. The maximum Gasteiger partial charge on any atom is 0.333 e. The maximum absolute atomic E-state index is 14.1. The van der Waals surface area contributed by atoms with Crippen molar-refractivity contribution in [2.45, 2.75) is 12.8 Å². The van der Waals surface area contributed by atoms with E-state index in [9.17, 15) is 24.0 Å². The summed E-state index contributed by atoms with van der Waals surface area (Å²) in [6.45, 7) is 1.37. The molecule has 6 rings (SSSR count). The molecule has 0 N–H and O–H groups in total. The lowest BCUT2D eigenvalue weighted by molar-refractivity contribution is -0.128. The van der Waals surface area contributed by atoms with Crippen molar-refractivity contribution in [1.82, 2.24) is 14.0 Å². The van der Waals surface area contributed by atoms with Crippen LogP contribution in [0.1, 0.15) is 33.6 Å². The largest absolute Gasteiger partial charge is 0.492 e. The molecule has 0 aliphatic carbocycles. The van der Waals surface area contributed by atoms with Gasteiger partial charge in [0.1, 0.15) is 12.4 Å². The standard InChI is InChI=1S/C33H30N6O7/c1-36-31(43)28(32(45-3)37(2)33(36)44)35-34-24-12-7-11-23-27(24)30(42)39(29(23)41)25-19-21(46-18-17-38-16-8-13-26(38)40)14-15-22(25)20-9-5-4-6-10-20/h4-7,9-12,14-15,19H,8,13,16-18H2,1-3H3. The van der Waals surface area contributed by atoms with Gasteiger partial charge in [-0.05, 0) is 36.2 Å². The molecule has 3 heterocycles. The number of rotatable bonds is 9. The van der Waals surface area contributed by atoms with Gasteiger partial charge < -0.3 is 14.4 Å². The van der Waals surface area contributed by atoms with Gasteiger partial charge in [-0.1, -0.05) is 36.4 Å². The van der Waals surface area contributed by atoms with Crippen molar-refractivity contribution >= 4 is 34.8 Å². The van der Waals surface area contributed by atoms with Crippen LogP contribution in [-0.4, -0.2) is 58.6 Å². The molecular weight excluding hydrogens is 592 g/mol. The van der Waals surface area contributed by atoms with Crippen LogP contribution in [0.3, 0.4) is 0 Å². The second-order valence-corrected chi connectivity index (χ2v) is 10.8. The van der Waals surface area contributed by atoms with Crippen molar-refractivity contribution in [3.05, 3.63) is 98.7 Å². The third kappa shape index (κ3) is 5.25. The van der Waals surface area contributed by atoms with Gasteiger partial charge in [0.05, 0.1) is 36.2 Å². The van der Waals surface area contributed by atoms with E-state index in [-0.39, 0.29) is 40.9 Å². The molecule has 2 aliphatic rings. The summed E-state index contributed by atoms with van der Waals surface area (Å²) in [5, 5.41) is 8.26. The van der Waals surface area contributed by atoms with E-state index in [1.54, 1.807) is 29.2 Å². The second-order valence-electron chi connectivity index (χ2n) is 10.8. The maximum atomic E-state index is 14.1. The normalized spacial score (nSPS) is 14.5. The minimum Gasteiger partial charge on any atom is -0.492 e. The molecule has 1 fully saturated rings. The summed E-state index contributed by atoms with van der Waals surface area (Å²) in [5.74, 6) is -0.781. The van der Waals surface area contributed by atoms with Crippen molar-refractivity contribution in [2.24, 2.45) is 24.3 Å². The molecule has 46 heavy (non-hydrogen) atoms. The number of carbonyl (C=O) groups is 3. The van der Waals surface area contributed by atoms with Gasteiger partial charge in [-0.2, -0.15) is 0 Å². The highest BCUT2D eigenvalue weighted by molar-refractivity contribution is 6.36. The van der Waals surface area contributed by atoms with Gasteiger partial charge in [0.2, 0.25) is 17.5 Å². The fourth-order valence-corrected chi connectivity index (χ4v) is 5.66. The predicted octanol–water partition coefficient (Wildman–Crippen LogP) is 3.98. The minimum atomic E-state index is -0.737. The SMILES string of the molecule is COc1c(N=Nc2cccc3c2C(=O)N(c2cc(OCCN4CCCC4=O)ccc2-c2ccccc2)C3=O)c(=O)n(C)c(=O)n1C. The number of benzene rings is 3. The molecule has 2 aliphatic heterocycles. The van der Waals surface area contributed by atoms with Crippen LogP contribution in [0.25, 0.3) is 11.1 Å². The quantitative estimate of drug-likeness (QED) is 0.203. The Morgan fingerprint density at radius 1 is 0.826 bits per heavy atom. The number of carbonyl (C=O) groups excluding carboxylic acids is 3. The van der Waals surface area contributed by atoms with Gasteiger partial charge in [0.15, 0.2) is 0 Å². The van der Waals surface area contributed by atoms with Crippen LogP contribution in [0.4, 0.5) is 17.1 Å². The third-order valence-corrected chi connectivity index (χ3v) is 8.03. The van der Waals surface area contributed by atoms with Crippen LogP contribution >= 0.6 is 0 Å². The van der Waals surface area contributed by atoms with Crippen LogP contribution in [-0.2, 0) is 18.9 Å². The lowest BCUT2D eigenvalue weighted by atomic mass is 10.0. The number of fused-ring (bicyclic) bond motifs is 1. The van der Waals surface area contributed by atoms with Crippen molar-refractivity contribution in [1.29, 1.82) is 0 Å². The van der Waals surface area contributed by atoms with E-state index < -0.39 is 23.1 Å². The second kappa shape index (κ2) is 12.3. The summed E-state index contributed by atoms with van der Waals surface area (Å²) in [4.78, 5) is 68.0. The summed E-state index contributed by atoms with van der Waals surface area (Å²) >= 11 is 0. The number of methoxy groups -OCH3 is 1. The number of amides is 3. The number of hydrogen-bond acceptors (Lipinski definition) is 9. The molecule has 0 saturated carbocycles. The van der Waals surface area contributed by atoms with Crippen molar-refractivity contribution in [2.75, 3.05) is 31.7 Å². The zero-order valence-corrected chi connectivity index (χ0v) is 25.4. The number of ether oxygens (including phenoxy) is 2. The van der Waals surface area contributed by atoms with Gasteiger partial charge in [-0.3, -0.25) is 28.3 Å². The summed E-state index contributed by atoms with van der Waals surface area (Å²) in [5.41, 5.74) is 0.296. The number of nitrogens with zero attached hydrogens (tertiary/aromatic N) is 6. The Balaban J connectivity index is 1.38. The first-order chi connectivity index (χ1) is 22.2. The van der Waals surface area contributed by atoms with Crippen LogP contribution in [0.5, 0.6) is 11.6 Å². The molecule has 1 saturated heterocycles. The highest BCUT2D eigenvalue weighted by atomic mass is 16.5. The average molecular weight is 623 g/mol. The Labute approximate surface area is 262 Å². The molecule has 13 heteroatoms. The molecule has 0 atom stereocenters. The van der Waals surface area contributed by atoms with E-state index in [2.05, 4.69) is 10.2 Å². The van der Waals surface area contributed by atoms with Gasteiger partial charge in [-0.15, -0.1) is 10.2 Å². The molecule has 1 aromatic heterocycles. The van der Waals surface area contributed by atoms with Crippen LogP contribution in [0, 0.1) is 0 Å².